The number of rotatable bonds is 11. The molecule has 3 aromatic rings. The van der Waals surface area contributed by atoms with Crippen molar-refractivity contribution in [3.8, 4) is 11.1 Å². The van der Waals surface area contributed by atoms with Gasteiger partial charge in [0.05, 0.1) is 17.8 Å². The van der Waals surface area contributed by atoms with E-state index in [0.717, 1.165) is 20.9 Å². The van der Waals surface area contributed by atoms with Crippen molar-refractivity contribution < 1.29 is 27.3 Å². The molecule has 0 radical (unpaired) electrons. The number of hydrogen-bond donors (Lipinski definition) is 0. The van der Waals surface area contributed by atoms with Crippen molar-refractivity contribution in [3.63, 3.8) is 0 Å². The van der Waals surface area contributed by atoms with Crippen LogP contribution in [-0.2, 0) is 29.3 Å². The average Bonchev–Trinajstić information content (AvgIpc) is 3.26. The van der Waals surface area contributed by atoms with Crippen LogP contribution in [0.2, 0.25) is 0 Å². The Labute approximate surface area is 253 Å². The van der Waals surface area contributed by atoms with Crippen LogP contribution in [0.3, 0.4) is 0 Å². The highest BCUT2D eigenvalue weighted by Crippen LogP contribution is 2.56. The Balaban J connectivity index is 1.43. The molecular weight excluding hydrogens is 572 g/mol. The smallest absolute Gasteiger partial charge is 0.475 e. The van der Waals surface area contributed by atoms with E-state index in [9.17, 15) is 4.57 Å². The Hall–Kier alpha value is -2.48. The summed E-state index contributed by atoms with van der Waals surface area (Å²) < 4.78 is 51.9. The first-order valence-electron chi connectivity index (χ1n) is 14.1. The van der Waals surface area contributed by atoms with E-state index in [1.165, 1.54) is 11.8 Å². The molecule has 1 atom stereocenters. The van der Waals surface area contributed by atoms with Gasteiger partial charge in [0.15, 0.2) is 5.90 Å². The fourth-order valence-electron chi connectivity index (χ4n) is 4.50. The standard InChI is InChI=1S/C33H41FNO5PS/c1-24-35-33(22-37-24,23-38-41(36,39-31(2,3)4)40-32(5,6)7)20-19-25-13-15-26(16-14-25)29-18-17-28(21-30(29)34)42-27-11-9-8-10-12-27/h8-18,21H,19-20,22-23H2,1-7H3. The molecule has 0 fully saturated rings. The summed E-state index contributed by atoms with van der Waals surface area (Å²) in [6, 6.07) is 23.1. The minimum atomic E-state index is -3.90. The Kier molecular flexibility index (Phi) is 10.1. The first kappa shape index (κ1) is 32.4. The molecule has 42 heavy (non-hydrogen) atoms. The molecule has 0 N–H and O–H groups in total. The highest BCUT2D eigenvalue weighted by Gasteiger charge is 2.43. The molecule has 6 nitrogen and oxygen atoms in total. The van der Waals surface area contributed by atoms with Gasteiger partial charge in [-0.1, -0.05) is 60.3 Å². The Morgan fingerprint density at radius 3 is 2.12 bits per heavy atom. The zero-order chi connectivity index (χ0) is 30.6. The number of benzene rings is 3. The summed E-state index contributed by atoms with van der Waals surface area (Å²) in [5.74, 6) is 0.300. The summed E-state index contributed by atoms with van der Waals surface area (Å²) in [5.41, 5.74) is 0.224. The quantitative estimate of drug-likeness (QED) is 0.201. The van der Waals surface area contributed by atoms with Crippen LogP contribution in [0.15, 0.2) is 87.6 Å². The molecule has 0 bridgehead atoms. The molecule has 3 aromatic carbocycles. The number of phosphoric ester groups is 1. The lowest BCUT2D eigenvalue weighted by Crippen LogP contribution is -2.36. The molecule has 0 saturated heterocycles. The van der Waals surface area contributed by atoms with Gasteiger partial charge in [-0.15, -0.1) is 0 Å². The van der Waals surface area contributed by atoms with E-state index in [4.69, 9.17) is 23.3 Å². The lowest BCUT2D eigenvalue weighted by molar-refractivity contribution is -0.00465. The van der Waals surface area contributed by atoms with Gasteiger partial charge in [0, 0.05) is 22.3 Å². The van der Waals surface area contributed by atoms with Crippen molar-refractivity contribution in [1.82, 2.24) is 0 Å². The zero-order valence-corrected chi connectivity index (χ0v) is 27.2. The molecule has 1 heterocycles. The number of hydrogen-bond acceptors (Lipinski definition) is 7. The van der Waals surface area contributed by atoms with Crippen molar-refractivity contribution in [2.24, 2.45) is 4.99 Å². The second kappa shape index (κ2) is 13.0. The van der Waals surface area contributed by atoms with Crippen molar-refractivity contribution in [2.75, 3.05) is 13.2 Å². The van der Waals surface area contributed by atoms with Crippen molar-refractivity contribution >= 4 is 25.5 Å². The first-order chi connectivity index (χ1) is 19.6. The first-order valence-corrected chi connectivity index (χ1v) is 16.4. The predicted octanol–water partition coefficient (Wildman–Crippen LogP) is 9.52. The molecule has 0 spiro atoms. The minimum Gasteiger partial charge on any atom is -0.479 e. The van der Waals surface area contributed by atoms with Crippen molar-refractivity contribution in [1.29, 1.82) is 0 Å². The number of halogens is 1. The van der Waals surface area contributed by atoms with E-state index in [2.05, 4.69) is 0 Å². The SMILES string of the molecule is CC1=NC(CCc2ccc(-c3ccc(Sc4ccccc4)cc3F)cc2)(COP(=O)(OC(C)(C)C)OC(C)(C)C)CO1. The Morgan fingerprint density at radius 2 is 1.57 bits per heavy atom. The summed E-state index contributed by atoms with van der Waals surface area (Å²) in [7, 11) is -3.90. The topological polar surface area (TPSA) is 66.4 Å². The van der Waals surface area contributed by atoms with Gasteiger partial charge < -0.3 is 4.74 Å². The summed E-state index contributed by atoms with van der Waals surface area (Å²) >= 11 is 1.53. The summed E-state index contributed by atoms with van der Waals surface area (Å²) in [5, 5.41) is 0. The highest BCUT2D eigenvalue weighted by atomic mass is 32.2. The lowest BCUT2D eigenvalue weighted by Gasteiger charge is -2.33. The van der Waals surface area contributed by atoms with E-state index in [0.29, 0.717) is 30.9 Å². The molecule has 226 valence electrons. The molecule has 1 unspecified atom stereocenters. The van der Waals surface area contributed by atoms with E-state index in [-0.39, 0.29) is 12.4 Å². The van der Waals surface area contributed by atoms with E-state index in [1.54, 1.807) is 54.5 Å². The van der Waals surface area contributed by atoms with Crippen LogP contribution in [-0.4, -0.2) is 35.9 Å². The van der Waals surface area contributed by atoms with Crippen molar-refractivity contribution in [3.05, 3.63) is 84.2 Å². The molecular formula is C33H41FNO5PS. The van der Waals surface area contributed by atoms with Crippen LogP contribution in [0.4, 0.5) is 4.39 Å². The van der Waals surface area contributed by atoms with Gasteiger partial charge in [-0.2, -0.15) is 0 Å². The number of aryl methyl sites for hydroxylation is 1. The van der Waals surface area contributed by atoms with Crippen LogP contribution < -0.4 is 0 Å². The van der Waals surface area contributed by atoms with Gasteiger partial charge in [-0.05, 0) is 89.8 Å². The second-order valence-corrected chi connectivity index (χ2v) is 15.2. The summed E-state index contributed by atoms with van der Waals surface area (Å²) in [4.78, 5) is 6.65. The van der Waals surface area contributed by atoms with Gasteiger partial charge >= 0.3 is 7.82 Å². The second-order valence-electron chi connectivity index (χ2n) is 12.5. The molecule has 9 heteroatoms. The number of ether oxygens (including phenoxy) is 1. The molecule has 1 aliphatic heterocycles. The van der Waals surface area contributed by atoms with Crippen LogP contribution in [0.25, 0.3) is 11.1 Å². The van der Waals surface area contributed by atoms with Gasteiger partial charge in [0.1, 0.15) is 18.0 Å². The van der Waals surface area contributed by atoms with Gasteiger partial charge in [0.2, 0.25) is 0 Å². The highest BCUT2D eigenvalue weighted by molar-refractivity contribution is 7.99. The van der Waals surface area contributed by atoms with Crippen LogP contribution in [0.1, 0.15) is 60.5 Å². The molecule has 0 aliphatic carbocycles. The Bertz CT molecular complexity index is 1410. The van der Waals surface area contributed by atoms with Gasteiger partial charge in [0.25, 0.3) is 0 Å². The molecule has 0 amide bonds. The number of aliphatic imine (C=N–C) groups is 1. The van der Waals surface area contributed by atoms with E-state index >= 15 is 4.39 Å². The normalized spacial score (nSPS) is 17.7. The third-order valence-electron chi connectivity index (χ3n) is 6.27. The van der Waals surface area contributed by atoms with E-state index in [1.807, 2.05) is 66.7 Å². The van der Waals surface area contributed by atoms with Crippen molar-refractivity contribution in [2.45, 2.75) is 87.8 Å². The summed E-state index contributed by atoms with van der Waals surface area (Å²) in [6.45, 7) is 13.0. The fourth-order valence-corrected chi connectivity index (χ4v) is 7.25. The molecule has 0 saturated carbocycles. The summed E-state index contributed by atoms with van der Waals surface area (Å²) in [6.07, 6.45) is 1.26. The zero-order valence-electron chi connectivity index (χ0n) is 25.5. The fraction of sp³-hybridized carbons (Fsp3) is 0.424. The maximum Gasteiger partial charge on any atom is 0.475 e. The predicted molar refractivity (Wildman–Crippen MR) is 168 cm³/mol. The van der Waals surface area contributed by atoms with Crippen LogP contribution in [0.5, 0.6) is 0 Å². The van der Waals surface area contributed by atoms with Crippen LogP contribution in [0, 0.1) is 5.82 Å². The maximum absolute atomic E-state index is 15.1. The maximum atomic E-state index is 15.1. The minimum absolute atomic E-state index is 0.0183. The molecule has 4 rings (SSSR count). The average molecular weight is 614 g/mol. The number of phosphoric acid groups is 1. The lowest BCUT2D eigenvalue weighted by atomic mass is 9.93. The van der Waals surface area contributed by atoms with E-state index < -0.39 is 24.6 Å². The van der Waals surface area contributed by atoms with Crippen LogP contribution >= 0.6 is 19.6 Å². The number of nitrogens with zero attached hydrogens (tertiary/aromatic N) is 1. The Morgan fingerprint density at radius 1 is 0.929 bits per heavy atom. The largest absolute Gasteiger partial charge is 0.479 e. The van der Waals surface area contributed by atoms with Gasteiger partial charge in [-0.25, -0.2) is 13.9 Å². The monoisotopic (exact) mass is 613 g/mol. The molecule has 1 aliphatic rings. The third kappa shape index (κ3) is 9.51. The van der Waals surface area contributed by atoms with Gasteiger partial charge in [-0.3, -0.25) is 13.6 Å². The molecule has 0 aromatic heterocycles. The third-order valence-corrected chi connectivity index (χ3v) is 9.26.